The number of carbonyl (C=O) groups excluding carboxylic acids is 2. The number of methoxy groups -OCH3 is 2. The highest BCUT2D eigenvalue weighted by Gasteiger charge is 2.45. The first-order valence-electron chi connectivity index (χ1n) is 16.9. The molecule has 1 amide bonds. The Kier molecular flexibility index (Phi) is 10.5. The Balaban J connectivity index is 1.95. The number of aryl methyl sites for hydroxylation is 2. The van der Waals surface area contributed by atoms with E-state index < -0.39 is 68.9 Å². The number of fused-ring (bicyclic) bond motifs is 1. The number of ether oxygens (including phenoxy) is 3. The third-order valence-corrected chi connectivity index (χ3v) is 8.90. The van der Waals surface area contributed by atoms with E-state index >= 15 is 8.78 Å². The largest absolute Gasteiger partial charge is 0.496 e. The number of hydrogen-bond donors (Lipinski definition) is 0. The van der Waals surface area contributed by atoms with E-state index in [2.05, 4.69) is 9.97 Å². The van der Waals surface area contributed by atoms with Crippen molar-refractivity contribution in [2.75, 3.05) is 32.2 Å². The number of aromatic nitrogens is 3. The SMILES string of the molecule is COC(=O)[C@H]1CN(C(=O)OC(C)(C)C)[C@H](C)CN1c1c([N+](=O)[O-])c(=O)n(-c2c(C)cc(C)nc2C(C)C)c2nc(-c3c(F)cccc3OC)c(F)cc12. The lowest BCUT2D eigenvalue weighted by atomic mass is 10.0. The average molecular weight is 737 g/mol. The molecule has 14 nitrogen and oxygen atoms in total. The minimum absolute atomic E-state index is 0.0549. The number of pyridine rings is 3. The predicted octanol–water partition coefficient (Wildman–Crippen LogP) is 6.37. The maximum absolute atomic E-state index is 16.5. The van der Waals surface area contributed by atoms with Crippen molar-refractivity contribution in [2.24, 2.45) is 0 Å². The quantitative estimate of drug-likeness (QED) is 0.118. The van der Waals surface area contributed by atoms with Gasteiger partial charge in [-0.25, -0.2) is 23.4 Å². The van der Waals surface area contributed by atoms with E-state index in [0.29, 0.717) is 17.0 Å². The Hall–Kier alpha value is -5.67. The Labute approximate surface area is 304 Å². The molecule has 1 saturated heterocycles. The van der Waals surface area contributed by atoms with Gasteiger partial charge in [-0.1, -0.05) is 19.9 Å². The van der Waals surface area contributed by atoms with Crippen LogP contribution in [0, 0.1) is 35.6 Å². The molecule has 5 rings (SSSR count). The Morgan fingerprint density at radius 1 is 1.04 bits per heavy atom. The summed E-state index contributed by atoms with van der Waals surface area (Å²) in [5, 5.41) is 12.9. The van der Waals surface area contributed by atoms with Crippen molar-refractivity contribution >= 4 is 34.5 Å². The molecule has 3 aromatic heterocycles. The van der Waals surface area contributed by atoms with Crippen LogP contribution in [0.3, 0.4) is 0 Å². The molecule has 1 fully saturated rings. The highest BCUT2D eigenvalue weighted by molar-refractivity contribution is 5.99. The molecule has 0 saturated carbocycles. The number of carbonyl (C=O) groups is 2. The first-order chi connectivity index (χ1) is 24.8. The average Bonchev–Trinajstić information content (AvgIpc) is 3.06. The van der Waals surface area contributed by atoms with E-state index in [1.807, 2.05) is 13.8 Å². The number of rotatable bonds is 7. The number of nitrogens with zero attached hydrogens (tertiary/aromatic N) is 6. The number of piperazine rings is 1. The summed E-state index contributed by atoms with van der Waals surface area (Å²) < 4.78 is 49.0. The lowest BCUT2D eigenvalue weighted by Gasteiger charge is -2.44. The van der Waals surface area contributed by atoms with Crippen LogP contribution in [0.1, 0.15) is 64.4 Å². The van der Waals surface area contributed by atoms with Crippen molar-refractivity contribution in [1.82, 2.24) is 19.4 Å². The molecule has 0 bridgehead atoms. The monoisotopic (exact) mass is 736 g/mol. The van der Waals surface area contributed by atoms with Crippen molar-refractivity contribution in [1.29, 1.82) is 0 Å². The van der Waals surface area contributed by atoms with Gasteiger partial charge in [0.15, 0.2) is 11.5 Å². The zero-order valence-corrected chi connectivity index (χ0v) is 31.2. The number of amides is 1. The fraction of sp³-hybridized carbons (Fsp3) is 0.432. The predicted molar refractivity (Wildman–Crippen MR) is 193 cm³/mol. The van der Waals surface area contributed by atoms with Gasteiger partial charge in [0.05, 0.1) is 48.0 Å². The van der Waals surface area contributed by atoms with E-state index in [0.717, 1.165) is 23.8 Å². The molecule has 4 heterocycles. The van der Waals surface area contributed by atoms with Gasteiger partial charge in [0.1, 0.15) is 34.6 Å². The maximum atomic E-state index is 16.5. The van der Waals surface area contributed by atoms with E-state index in [9.17, 15) is 24.5 Å². The van der Waals surface area contributed by atoms with Gasteiger partial charge in [0.25, 0.3) is 0 Å². The highest BCUT2D eigenvalue weighted by Crippen LogP contribution is 2.42. The van der Waals surface area contributed by atoms with Gasteiger partial charge in [0.2, 0.25) is 0 Å². The van der Waals surface area contributed by atoms with Crippen molar-refractivity contribution in [3.8, 4) is 22.7 Å². The second-order valence-corrected chi connectivity index (χ2v) is 14.2. The lowest BCUT2D eigenvalue weighted by Crippen LogP contribution is -2.62. The molecule has 1 aliphatic heterocycles. The minimum atomic E-state index is -1.41. The van der Waals surface area contributed by atoms with Gasteiger partial charge in [-0.15, -0.1) is 0 Å². The molecule has 1 aromatic carbocycles. The van der Waals surface area contributed by atoms with Crippen LogP contribution in [-0.2, 0) is 14.3 Å². The van der Waals surface area contributed by atoms with Crippen LogP contribution < -0.4 is 15.2 Å². The maximum Gasteiger partial charge on any atom is 0.410 e. The number of benzene rings is 1. The summed E-state index contributed by atoms with van der Waals surface area (Å²) >= 11 is 0. The van der Waals surface area contributed by atoms with E-state index in [1.165, 1.54) is 29.0 Å². The zero-order valence-electron chi connectivity index (χ0n) is 31.2. The molecule has 282 valence electrons. The number of esters is 1. The van der Waals surface area contributed by atoms with Crippen molar-refractivity contribution in [3.05, 3.63) is 79.4 Å². The normalized spacial score (nSPS) is 16.2. The summed E-state index contributed by atoms with van der Waals surface area (Å²) in [6.45, 7) is 13.2. The van der Waals surface area contributed by atoms with Gasteiger partial charge in [-0.3, -0.25) is 24.5 Å². The lowest BCUT2D eigenvalue weighted by molar-refractivity contribution is -0.385. The summed E-state index contributed by atoms with van der Waals surface area (Å²) in [5.41, 5.74) is -2.92. The van der Waals surface area contributed by atoms with Crippen molar-refractivity contribution in [3.63, 3.8) is 0 Å². The fourth-order valence-corrected chi connectivity index (χ4v) is 6.68. The molecule has 0 spiro atoms. The Bertz CT molecular complexity index is 2200. The summed E-state index contributed by atoms with van der Waals surface area (Å²) in [6, 6.07) is 4.34. The smallest absolute Gasteiger partial charge is 0.410 e. The Morgan fingerprint density at radius 2 is 1.72 bits per heavy atom. The third kappa shape index (κ3) is 7.09. The van der Waals surface area contributed by atoms with Crippen LogP contribution in [0.4, 0.5) is 25.0 Å². The van der Waals surface area contributed by atoms with Gasteiger partial charge in [0, 0.05) is 18.3 Å². The first kappa shape index (κ1) is 38.6. The van der Waals surface area contributed by atoms with Crippen molar-refractivity contribution in [2.45, 2.75) is 79.0 Å². The molecule has 4 aromatic rings. The van der Waals surface area contributed by atoms with Gasteiger partial charge < -0.3 is 24.0 Å². The molecule has 2 atom stereocenters. The van der Waals surface area contributed by atoms with Crippen LogP contribution in [0.15, 0.2) is 35.1 Å². The van der Waals surface area contributed by atoms with E-state index in [1.54, 1.807) is 47.6 Å². The summed E-state index contributed by atoms with van der Waals surface area (Å²) in [6.07, 6.45) is -0.743. The molecule has 0 unspecified atom stereocenters. The molecule has 0 N–H and O–H groups in total. The Morgan fingerprint density at radius 3 is 2.30 bits per heavy atom. The van der Waals surface area contributed by atoms with Crippen molar-refractivity contribution < 1.29 is 37.5 Å². The molecule has 1 aliphatic rings. The second-order valence-electron chi connectivity index (χ2n) is 14.2. The van der Waals surface area contributed by atoms with E-state index in [4.69, 9.17) is 14.2 Å². The summed E-state index contributed by atoms with van der Waals surface area (Å²) in [5.74, 6) is -3.22. The summed E-state index contributed by atoms with van der Waals surface area (Å²) in [4.78, 5) is 65.5. The van der Waals surface area contributed by atoms with E-state index in [-0.39, 0.29) is 47.0 Å². The number of nitro groups is 1. The van der Waals surface area contributed by atoms with Gasteiger partial charge >= 0.3 is 23.3 Å². The zero-order chi connectivity index (χ0) is 39.3. The molecular weight excluding hydrogens is 694 g/mol. The molecule has 0 radical (unpaired) electrons. The second kappa shape index (κ2) is 14.4. The fourth-order valence-electron chi connectivity index (χ4n) is 6.68. The number of halogens is 2. The highest BCUT2D eigenvalue weighted by atomic mass is 19.1. The summed E-state index contributed by atoms with van der Waals surface area (Å²) in [7, 11) is 2.38. The van der Waals surface area contributed by atoms with Crippen LogP contribution in [0.2, 0.25) is 0 Å². The van der Waals surface area contributed by atoms with Gasteiger partial charge in [-0.05, 0) is 77.3 Å². The molecule has 0 aliphatic carbocycles. The molecule has 16 heteroatoms. The molecule has 53 heavy (non-hydrogen) atoms. The minimum Gasteiger partial charge on any atom is -0.496 e. The molecular formula is C37H42F2N6O8. The van der Waals surface area contributed by atoms with Gasteiger partial charge in [-0.2, -0.15) is 0 Å². The standard InChI is InChI=1S/C37H42F2N6O8/c1-18(2)28-30(19(3)14-20(4)40-28)44-33-22(15-24(39)29(41-33)27-23(38)12-11-13-26(27)51-9)31(32(34(44)46)45(49)50)43-16-21(5)42(17-25(43)35(47)52-10)36(48)53-37(6,7)8/h11-15,18,21,25H,16-17H2,1-10H3/t21-,25-/m1/s1. The van der Waals surface area contributed by atoms with Crippen LogP contribution in [-0.4, -0.2) is 81.4 Å². The van der Waals surface area contributed by atoms with Crippen LogP contribution in [0.5, 0.6) is 5.75 Å². The van der Waals surface area contributed by atoms with Crippen LogP contribution >= 0.6 is 0 Å². The first-order valence-corrected chi connectivity index (χ1v) is 16.9. The third-order valence-electron chi connectivity index (χ3n) is 8.90. The topological polar surface area (TPSA) is 159 Å². The number of anilines is 1. The van der Waals surface area contributed by atoms with Crippen LogP contribution in [0.25, 0.3) is 28.0 Å². The number of hydrogen-bond acceptors (Lipinski definition) is 11.